The molecule has 1 aliphatic rings. The minimum Gasteiger partial charge on any atom is -0.453 e. The number of ether oxygens (including phenoxy) is 1. The van der Waals surface area contributed by atoms with Crippen molar-refractivity contribution < 1.29 is 9.53 Å². The summed E-state index contributed by atoms with van der Waals surface area (Å²) in [5.74, 6) is 1.02. The molecule has 82 valence electrons. The smallest absolute Gasteiger partial charge is 0.228 e. The molecule has 0 aromatic heterocycles. The third-order valence-corrected chi connectivity index (χ3v) is 2.69. The van der Waals surface area contributed by atoms with Crippen LogP contribution in [0.1, 0.15) is 15.9 Å². The van der Waals surface area contributed by atoms with Gasteiger partial charge >= 0.3 is 0 Å². The highest BCUT2D eigenvalue weighted by molar-refractivity contribution is 6.16. The van der Waals surface area contributed by atoms with E-state index in [4.69, 9.17) is 4.74 Å². The van der Waals surface area contributed by atoms with Gasteiger partial charge in [0, 0.05) is 5.56 Å². The monoisotopic (exact) mass is 222 g/mol. The Morgan fingerprint density at radius 2 is 1.53 bits per heavy atom. The Morgan fingerprint density at radius 1 is 0.824 bits per heavy atom. The molecule has 2 aromatic carbocycles. The van der Waals surface area contributed by atoms with Gasteiger partial charge in [-0.15, -0.1) is 0 Å². The molecule has 17 heavy (non-hydrogen) atoms. The first-order valence-corrected chi connectivity index (χ1v) is 5.43. The first-order valence-electron chi connectivity index (χ1n) is 5.43. The number of rotatable bonds is 2. The van der Waals surface area contributed by atoms with Crippen molar-refractivity contribution in [3.05, 3.63) is 71.5 Å². The van der Waals surface area contributed by atoms with Gasteiger partial charge in [-0.1, -0.05) is 42.5 Å². The summed E-state index contributed by atoms with van der Waals surface area (Å²) in [5, 5.41) is 0. The van der Waals surface area contributed by atoms with Gasteiger partial charge in [-0.3, -0.25) is 4.79 Å². The van der Waals surface area contributed by atoms with Crippen LogP contribution in [0, 0.1) is 0 Å². The molecule has 0 radical (unpaired) electrons. The minimum absolute atomic E-state index is 0.0514. The molecule has 0 fully saturated rings. The van der Waals surface area contributed by atoms with Crippen LogP contribution in [0.25, 0.3) is 6.08 Å². The van der Waals surface area contributed by atoms with Gasteiger partial charge in [0.15, 0.2) is 5.76 Å². The maximum Gasteiger partial charge on any atom is 0.228 e. The summed E-state index contributed by atoms with van der Waals surface area (Å²) in [4.78, 5) is 12.0. The second-order valence-corrected chi connectivity index (χ2v) is 3.84. The number of ketones is 1. The molecule has 2 heteroatoms. The van der Waals surface area contributed by atoms with Crippen molar-refractivity contribution in [2.24, 2.45) is 0 Å². The summed E-state index contributed by atoms with van der Waals surface area (Å²) in [7, 11) is 0. The maximum atomic E-state index is 12.0. The molecule has 0 saturated heterocycles. The predicted octanol–water partition coefficient (Wildman–Crippen LogP) is 3.30. The van der Waals surface area contributed by atoms with E-state index in [0.717, 1.165) is 5.56 Å². The van der Waals surface area contributed by atoms with Crippen LogP contribution in [0.2, 0.25) is 0 Å². The van der Waals surface area contributed by atoms with Gasteiger partial charge in [-0.05, 0) is 23.8 Å². The number of benzene rings is 2. The zero-order chi connectivity index (χ0) is 11.7. The van der Waals surface area contributed by atoms with E-state index in [2.05, 4.69) is 0 Å². The fourth-order valence-electron chi connectivity index (χ4n) is 1.86. The van der Waals surface area contributed by atoms with Crippen LogP contribution in [0.4, 0.5) is 0 Å². The van der Waals surface area contributed by atoms with Crippen molar-refractivity contribution in [3.8, 4) is 5.75 Å². The van der Waals surface area contributed by atoms with E-state index in [0.29, 0.717) is 17.1 Å². The Kier molecular flexibility index (Phi) is 2.26. The molecule has 0 unspecified atom stereocenters. The first-order chi connectivity index (χ1) is 8.34. The van der Waals surface area contributed by atoms with E-state index >= 15 is 0 Å². The van der Waals surface area contributed by atoms with Gasteiger partial charge in [-0.2, -0.15) is 0 Å². The number of hydrogen-bond acceptors (Lipinski definition) is 2. The average molecular weight is 222 g/mol. The maximum absolute atomic E-state index is 12.0. The number of carbonyl (C=O) groups excluding carboxylic acids is 1. The average Bonchev–Trinajstić information content (AvgIpc) is 2.68. The van der Waals surface area contributed by atoms with Crippen LogP contribution < -0.4 is 4.74 Å². The van der Waals surface area contributed by atoms with Crippen LogP contribution in [-0.4, -0.2) is 5.78 Å². The van der Waals surface area contributed by atoms with Gasteiger partial charge in [-0.25, -0.2) is 0 Å². The number of hydrogen-bond donors (Lipinski definition) is 0. The van der Waals surface area contributed by atoms with Gasteiger partial charge < -0.3 is 4.74 Å². The fraction of sp³-hybridized carbons (Fsp3) is 0. The molecule has 2 nitrogen and oxygen atoms in total. The first kappa shape index (κ1) is 9.85. The Balaban J connectivity index is 1.91. The van der Waals surface area contributed by atoms with E-state index in [1.54, 1.807) is 6.08 Å². The lowest BCUT2D eigenvalue weighted by atomic mass is 10.1. The molecular formula is C15H10O2. The minimum atomic E-state index is -0.0514. The van der Waals surface area contributed by atoms with E-state index in [-0.39, 0.29) is 5.78 Å². The number of para-hydroxylation sites is 1. The SMILES string of the molecule is O=C1C(Oc2ccccc2)=Cc2ccccc21. The third kappa shape index (κ3) is 1.74. The lowest BCUT2D eigenvalue weighted by Gasteiger charge is -2.04. The zero-order valence-electron chi connectivity index (χ0n) is 9.09. The highest BCUT2D eigenvalue weighted by Crippen LogP contribution is 2.26. The lowest BCUT2D eigenvalue weighted by molar-refractivity contribution is 0.0992. The second-order valence-electron chi connectivity index (χ2n) is 3.84. The summed E-state index contributed by atoms with van der Waals surface area (Å²) < 4.78 is 5.58. The largest absolute Gasteiger partial charge is 0.453 e. The van der Waals surface area contributed by atoms with E-state index in [1.165, 1.54) is 0 Å². The van der Waals surface area contributed by atoms with Crippen LogP contribution >= 0.6 is 0 Å². The molecule has 0 spiro atoms. The van der Waals surface area contributed by atoms with Crippen LogP contribution in [0.5, 0.6) is 5.75 Å². The van der Waals surface area contributed by atoms with Crippen molar-refractivity contribution in [3.63, 3.8) is 0 Å². The summed E-state index contributed by atoms with van der Waals surface area (Å²) in [5.41, 5.74) is 1.63. The van der Waals surface area contributed by atoms with Crippen molar-refractivity contribution in [2.75, 3.05) is 0 Å². The van der Waals surface area contributed by atoms with Crippen LogP contribution in [-0.2, 0) is 0 Å². The van der Waals surface area contributed by atoms with E-state index in [9.17, 15) is 4.79 Å². The quantitative estimate of drug-likeness (QED) is 0.779. The van der Waals surface area contributed by atoms with Crippen molar-refractivity contribution >= 4 is 11.9 Å². The molecule has 1 aliphatic carbocycles. The van der Waals surface area contributed by atoms with Crippen molar-refractivity contribution in [1.82, 2.24) is 0 Å². The molecule has 3 rings (SSSR count). The second kappa shape index (κ2) is 3.91. The van der Waals surface area contributed by atoms with Crippen molar-refractivity contribution in [2.45, 2.75) is 0 Å². The fourth-order valence-corrected chi connectivity index (χ4v) is 1.86. The Labute approximate surface area is 99.2 Å². The lowest BCUT2D eigenvalue weighted by Crippen LogP contribution is -2.04. The summed E-state index contributed by atoms with van der Waals surface area (Å²) in [6.07, 6.45) is 1.78. The topological polar surface area (TPSA) is 26.3 Å². The highest BCUT2D eigenvalue weighted by atomic mass is 16.5. The molecule has 0 saturated carbocycles. The van der Waals surface area contributed by atoms with Gasteiger partial charge in [0.05, 0.1) is 0 Å². The normalized spacial score (nSPS) is 13.2. The van der Waals surface area contributed by atoms with E-state index in [1.807, 2.05) is 54.6 Å². The highest BCUT2D eigenvalue weighted by Gasteiger charge is 2.23. The van der Waals surface area contributed by atoms with Gasteiger partial charge in [0.1, 0.15) is 5.75 Å². The van der Waals surface area contributed by atoms with Crippen LogP contribution in [0.15, 0.2) is 60.4 Å². The number of allylic oxidation sites excluding steroid dienone is 1. The third-order valence-electron chi connectivity index (χ3n) is 2.69. The summed E-state index contributed by atoms with van der Waals surface area (Å²) in [6, 6.07) is 16.8. The van der Waals surface area contributed by atoms with Gasteiger partial charge in [0.25, 0.3) is 0 Å². The van der Waals surface area contributed by atoms with Crippen LogP contribution in [0.3, 0.4) is 0 Å². The molecule has 0 heterocycles. The molecule has 0 bridgehead atoms. The Hall–Kier alpha value is -2.35. The number of fused-ring (bicyclic) bond motifs is 1. The number of carbonyl (C=O) groups is 1. The standard InChI is InChI=1S/C15H10O2/c16-15-13-9-5-4-6-11(13)10-14(15)17-12-7-2-1-3-8-12/h1-10H. The van der Waals surface area contributed by atoms with Gasteiger partial charge in [0.2, 0.25) is 5.78 Å². The zero-order valence-corrected chi connectivity index (χ0v) is 9.09. The summed E-state index contributed by atoms with van der Waals surface area (Å²) in [6.45, 7) is 0. The molecule has 0 aliphatic heterocycles. The molecule has 0 amide bonds. The predicted molar refractivity (Wildman–Crippen MR) is 65.8 cm³/mol. The molecular weight excluding hydrogens is 212 g/mol. The molecule has 2 aromatic rings. The Morgan fingerprint density at radius 3 is 2.29 bits per heavy atom. The summed E-state index contributed by atoms with van der Waals surface area (Å²) >= 11 is 0. The number of Topliss-reactive ketones (excluding diaryl/α,β-unsaturated/α-hetero) is 1. The Bertz CT molecular complexity index is 597. The molecule has 0 N–H and O–H groups in total. The van der Waals surface area contributed by atoms with Crippen molar-refractivity contribution in [1.29, 1.82) is 0 Å². The molecule has 0 atom stereocenters. The van der Waals surface area contributed by atoms with E-state index < -0.39 is 0 Å².